The Morgan fingerprint density at radius 3 is 1.34 bits per heavy atom. The van der Waals surface area contributed by atoms with Gasteiger partial charge in [-0.25, -0.2) is 14.4 Å². The normalized spacial score (nSPS) is 23.7. The van der Waals surface area contributed by atoms with Crippen molar-refractivity contribution >= 4 is 40.5 Å². The summed E-state index contributed by atoms with van der Waals surface area (Å²) < 4.78 is 22.7. The molecule has 0 unspecified atom stereocenters. The zero-order valence-electron chi connectivity index (χ0n) is 18.8. The maximum Gasteiger partial charge on any atom is 0.338 e. The van der Waals surface area contributed by atoms with Gasteiger partial charge in [0.05, 0.1) is 22.8 Å². The molecule has 35 heavy (non-hydrogen) atoms. The van der Waals surface area contributed by atoms with Crippen molar-refractivity contribution in [2.24, 2.45) is 0 Å². The van der Waals surface area contributed by atoms with Crippen molar-refractivity contribution in [2.45, 2.75) is 35.5 Å². The fraction of sp³-hybridized carbons (Fsp3) is 0.222. The smallest absolute Gasteiger partial charge is 0.338 e. The molecule has 0 aliphatic carbocycles. The van der Waals surface area contributed by atoms with Gasteiger partial charge in [0.25, 0.3) is 0 Å². The largest absolute Gasteiger partial charge is 0.452 e. The second-order valence-corrected chi connectivity index (χ2v) is 9.13. The molecule has 0 amide bonds. The molecule has 1 fully saturated rings. The number of hydrogen-bond acceptors (Lipinski definition) is 7. The van der Waals surface area contributed by atoms with E-state index in [-0.39, 0.29) is 0 Å². The van der Waals surface area contributed by atoms with Crippen molar-refractivity contribution < 1.29 is 33.3 Å². The van der Waals surface area contributed by atoms with Crippen molar-refractivity contribution in [3.05, 3.63) is 108 Å². The lowest BCUT2D eigenvalue weighted by Crippen LogP contribution is -2.59. The molecule has 7 nitrogen and oxygen atoms in total. The van der Waals surface area contributed by atoms with Gasteiger partial charge >= 0.3 is 17.9 Å². The molecule has 1 aliphatic rings. The van der Waals surface area contributed by atoms with Gasteiger partial charge in [-0.1, -0.05) is 54.6 Å². The minimum Gasteiger partial charge on any atom is -0.452 e. The van der Waals surface area contributed by atoms with Crippen molar-refractivity contribution in [1.29, 1.82) is 0 Å². The molecular formula is C27H23IO7. The topological polar surface area (TPSA) is 88.1 Å². The van der Waals surface area contributed by atoms with Crippen LogP contribution in [-0.2, 0) is 18.9 Å². The van der Waals surface area contributed by atoms with Crippen LogP contribution in [0.1, 0.15) is 38.0 Å². The first-order valence-electron chi connectivity index (χ1n) is 11.0. The van der Waals surface area contributed by atoms with Gasteiger partial charge in [0.2, 0.25) is 0 Å². The first-order chi connectivity index (χ1) is 16.9. The Balaban J connectivity index is 1.63. The molecule has 0 N–H and O–H groups in total. The number of rotatable bonds is 6. The van der Waals surface area contributed by atoms with Crippen LogP contribution in [0.5, 0.6) is 0 Å². The Morgan fingerprint density at radius 2 is 0.943 bits per heavy atom. The summed E-state index contributed by atoms with van der Waals surface area (Å²) in [4.78, 5) is 38.7. The standard InChI is InChI=1S/C27H23IO7/c1-17-21(33-25(29)18-11-5-2-6-12-18)22(34-26(30)19-13-7-3-8-14-19)23(24(28)32-17)35-27(31)20-15-9-4-10-16-20/h2-17,21-24H,1H3/t17-,21-,22+,23+,24+/m0/s1. The molecule has 0 aromatic heterocycles. The number of esters is 3. The van der Waals surface area contributed by atoms with Gasteiger partial charge in [0, 0.05) is 0 Å². The zero-order valence-corrected chi connectivity index (χ0v) is 20.9. The number of halogens is 1. The minimum absolute atomic E-state index is 0.318. The van der Waals surface area contributed by atoms with Crippen molar-refractivity contribution in [3.8, 4) is 0 Å². The molecule has 0 saturated carbocycles. The molecule has 1 heterocycles. The van der Waals surface area contributed by atoms with Gasteiger partial charge in [-0.15, -0.1) is 0 Å². The highest BCUT2D eigenvalue weighted by Crippen LogP contribution is 2.33. The Kier molecular flexibility index (Phi) is 8.14. The third kappa shape index (κ3) is 6.07. The summed E-state index contributed by atoms with van der Waals surface area (Å²) >= 11 is 1.99. The first-order valence-corrected chi connectivity index (χ1v) is 12.3. The quantitative estimate of drug-likeness (QED) is 0.177. The lowest BCUT2D eigenvalue weighted by atomic mass is 9.99. The lowest BCUT2D eigenvalue weighted by Gasteiger charge is -2.42. The molecule has 0 bridgehead atoms. The van der Waals surface area contributed by atoms with Crippen LogP contribution >= 0.6 is 22.6 Å². The molecule has 5 atom stereocenters. The van der Waals surface area contributed by atoms with Crippen LogP contribution in [-0.4, -0.2) is 46.4 Å². The van der Waals surface area contributed by atoms with Crippen LogP contribution in [0.2, 0.25) is 0 Å². The van der Waals surface area contributed by atoms with Gasteiger partial charge in [0.15, 0.2) is 18.3 Å². The van der Waals surface area contributed by atoms with Gasteiger partial charge in [0.1, 0.15) is 4.11 Å². The number of carbonyl (C=O) groups is 3. The van der Waals surface area contributed by atoms with E-state index in [1.165, 1.54) is 0 Å². The fourth-order valence-corrected chi connectivity index (χ4v) is 4.70. The highest BCUT2D eigenvalue weighted by Gasteiger charge is 2.50. The summed E-state index contributed by atoms with van der Waals surface area (Å²) in [6, 6.07) is 25.4. The SMILES string of the molecule is C[C@@H]1O[C@@H](I)[C@H](OC(=O)c2ccccc2)[C@H](OC(=O)c2ccccc2)[C@H]1OC(=O)c1ccccc1. The zero-order chi connectivity index (χ0) is 24.8. The molecular weight excluding hydrogens is 563 g/mol. The lowest BCUT2D eigenvalue weighted by molar-refractivity contribution is -0.190. The monoisotopic (exact) mass is 586 g/mol. The predicted octanol–water partition coefficient (Wildman–Crippen LogP) is 4.84. The summed E-state index contributed by atoms with van der Waals surface area (Å²) in [6.45, 7) is 1.72. The fourth-order valence-electron chi connectivity index (χ4n) is 3.68. The molecule has 4 rings (SSSR count). The molecule has 0 radical (unpaired) electrons. The van der Waals surface area contributed by atoms with Crippen molar-refractivity contribution in [1.82, 2.24) is 0 Å². The summed E-state index contributed by atoms with van der Waals surface area (Å²) in [6.07, 6.45) is -3.78. The van der Waals surface area contributed by atoms with E-state index in [9.17, 15) is 14.4 Å². The molecule has 1 aliphatic heterocycles. The second kappa shape index (κ2) is 11.5. The van der Waals surface area contributed by atoms with Crippen LogP contribution in [0.15, 0.2) is 91.0 Å². The number of carbonyl (C=O) groups excluding carboxylic acids is 3. The van der Waals surface area contributed by atoms with Gasteiger partial charge < -0.3 is 18.9 Å². The molecule has 180 valence electrons. The molecule has 3 aromatic carbocycles. The van der Waals surface area contributed by atoms with E-state index in [2.05, 4.69) is 0 Å². The van der Waals surface area contributed by atoms with Crippen molar-refractivity contribution in [3.63, 3.8) is 0 Å². The van der Waals surface area contributed by atoms with E-state index in [4.69, 9.17) is 18.9 Å². The number of benzene rings is 3. The molecule has 0 spiro atoms. The highest BCUT2D eigenvalue weighted by molar-refractivity contribution is 14.1. The van der Waals surface area contributed by atoms with Crippen LogP contribution in [0.25, 0.3) is 0 Å². The van der Waals surface area contributed by atoms with Crippen molar-refractivity contribution in [2.75, 3.05) is 0 Å². The van der Waals surface area contributed by atoms with Crippen LogP contribution < -0.4 is 0 Å². The molecule has 1 saturated heterocycles. The number of ether oxygens (including phenoxy) is 4. The van der Waals surface area contributed by atoms with E-state index in [0.29, 0.717) is 16.7 Å². The van der Waals surface area contributed by atoms with E-state index in [0.717, 1.165) is 0 Å². The van der Waals surface area contributed by atoms with Gasteiger partial charge in [-0.3, -0.25) is 0 Å². The predicted molar refractivity (Wildman–Crippen MR) is 135 cm³/mol. The highest BCUT2D eigenvalue weighted by atomic mass is 127. The average molecular weight is 586 g/mol. The summed E-state index contributed by atoms with van der Waals surface area (Å²) in [5.74, 6) is -1.84. The maximum absolute atomic E-state index is 13.0. The number of alkyl halides is 1. The Morgan fingerprint density at radius 1 is 0.600 bits per heavy atom. The van der Waals surface area contributed by atoms with E-state index in [1.54, 1.807) is 97.9 Å². The van der Waals surface area contributed by atoms with E-state index < -0.39 is 46.4 Å². The van der Waals surface area contributed by atoms with Gasteiger partial charge in [-0.2, -0.15) is 0 Å². The molecule has 3 aromatic rings. The average Bonchev–Trinajstić information content (AvgIpc) is 2.89. The van der Waals surface area contributed by atoms with Crippen LogP contribution in [0, 0.1) is 0 Å². The summed E-state index contributed by atoms with van der Waals surface area (Å²) in [5.41, 5.74) is 0.987. The maximum atomic E-state index is 13.0. The third-order valence-corrected chi connectivity index (χ3v) is 6.47. The van der Waals surface area contributed by atoms with Crippen LogP contribution in [0.4, 0.5) is 0 Å². The molecule has 8 heteroatoms. The summed E-state index contributed by atoms with van der Waals surface area (Å²) in [5, 5.41) is 0. The minimum atomic E-state index is -1.10. The third-order valence-electron chi connectivity index (χ3n) is 5.47. The Labute approximate surface area is 216 Å². The number of hydrogen-bond donors (Lipinski definition) is 0. The Bertz CT molecular complexity index is 1090. The Hall–Kier alpha value is -3.24. The van der Waals surface area contributed by atoms with Crippen LogP contribution in [0.3, 0.4) is 0 Å². The second-order valence-electron chi connectivity index (χ2n) is 7.90. The van der Waals surface area contributed by atoms with Gasteiger partial charge in [-0.05, 0) is 65.9 Å². The summed E-state index contributed by atoms with van der Waals surface area (Å²) in [7, 11) is 0. The van der Waals surface area contributed by atoms with E-state index >= 15 is 0 Å². The first kappa shape index (κ1) is 24.9. The van der Waals surface area contributed by atoms with E-state index in [1.807, 2.05) is 22.6 Å².